The fourth-order valence-electron chi connectivity index (χ4n) is 3.15. The highest BCUT2D eigenvalue weighted by atomic mass is 16.5. The Balaban J connectivity index is 2.00. The van der Waals surface area contributed by atoms with E-state index in [1.165, 1.54) is 22.3 Å². The van der Waals surface area contributed by atoms with Crippen LogP contribution in [0.15, 0.2) is 61.2 Å². The molecule has 0 atom stereocenters. The zero-order valence-corrected chi connectivity index (χ0v) is 13.3. The second kappa shape index (κ2) is 5.84. The SMILES string of the molecule is C=CCOc1ccc2c(c1)CC(C)(C)C2=Cc1ccccc1. The summed E-state index contributed by atoms with van der Waals surface area (Å²) in [6.45, 7) is 8.87. The lowest BCUT2D eigenvalue weighted by Crippen LogP contribution is -2.09. The number of rotatable bonds is 4. The maximum Gasteiger partial charge on any atom is 0.120 e. The lowest BCUT2D eigenvalue weighted by atomic mass is 9.84. The second-order valence-electron chi connectivity index (χ2n) is 6.45. The van der Waals surface area contributed by atoms with Gasteiger partial charge in [-0.2, -0.15) is 0 Å². The predicted octanol–water partition coefficient (Wildman–Crippen LogP) is 5.37. The van der Waals surface area contributed by atoms with E-state index in [4.69, 9.17) is 4.74 Å². The molecule has 0 aromatic heterocycles. The Morgan fingerprint density at radius 2 is 1.91 bits per heavy atom. The van der Waals surface area contributed by atoms with Gasteiger partial charge in [-0.3, -0.25) is 0 Å². The molecule has 1 heteroatoms. The molecule has 0 bridgehead atoms. The topological polar surface area (TPSA) is 9.23 Å². The largest absolute Gasteiger partial charge is 0.490 e. The molecule has 112 valence electrons. The average Bonchev–Trinajstić information content (AvgIpc) is 2.76. The summed E-state index contributed by atoms with van der Waals surface area (Å²) in [5.41, 5.74) is 5.53. The van der Waals surface area contributed by atoms with Gasteiger partial charge in [-0.25, -0.2) is 0 Å². The van der Waals surface area contributed by atoms with Crippen LogP contribution >= 0.6 is 0 Å². The van der Waals surface area contributed by atoms with E-state index < -0.39 is 0 Å². The van der Waals surface area contributed by atoms with Crippen molar-refractivity contribution in [1.82, 2.24) is 0 Å². The van der Waals surface area contributed by atoms with Gasteiger partial charge in [0.15, 0.2) is 0 Å². The van der Waals surface area contributed by atoms with E-state index in [0.717, 1.165) is 12.2 Å². The molecule has 2 aromatic carbocycles. The molecular weight excluding hydrogens is 268 g/mol. The lowest BCUT2D eigenvalue weighted by Gasteiger charge is -2.20. The molecule has 0 saturated carbocycles. The van der Waals surface area contributed by atoms with Gasteiger partial charge in [0.05, 0.1) is 0 Å². The van der Waals surface area contributed by atoms with Crippen LogP contribution in [0.2, 0.25) is 0 Å². The van der Waals surface area contributed by atoms with Crippen LogP contribution in [0.4, 0.5) is 0 Å². The molecule has 0 amide bonds. The van der Waals surface area contributed by atoms with Crippen molar-refractivity contribution in [3.8, 4) is 5.75 Å². The monoisotopic (exact) mass is 290 g/mol. The van der Waals surface area contributed by atoms with Gasteiger partial charge in [0.25, 0.3) is 0 Å². The minimum absolute atomic E-state index is 0.148. The Bertz CT molecular complexity index is 708. The van der Waals surface area contributed by atoms with Gasteiger partial charge in [0.1, 0.15) is 12.4 Å². The molecule has 0 unspecified atom stereocenters. The van der Waals surface area contributed by atoms with E-state index in [9.17, 15) is 0 Å². The quantitative estimate of drug-likeness (QED) is 0.687. The molecule has 1 nitrogen and oxygen atoms in total. The van der Waals surface area contributed by atoms with Gasteiger partial charge in [-0.05, 0) is 46.2 Å². The minimum atomic E-state index is 0.148. The van der Waals surface area contributed by atoms with Gasteiger partial charge in [0.2, 0.25) is 0 Å². The molecule has 0 heterocycles. The van der Waals surface area contributed by atoms with Crippen molar-refractivity contribution in [2.75, 3.05) is 6.61 Å². The van der Waals surface area contributed by atoms with E-state index in [1.54, 1.807) is 6.08 Å². The van der Waals surface area contributed by atoms with Crippen LogP contribution in [0, 0.1) is 5.41 Å². The number of fused-ring (bicyclic) bond motifs is 1. The molecule has 0 N–H and O–H groups in total. The number of ether oxygens (including phenoxy) is 1. The summed E-state index contributed by atoms with van der Waals surface area (Å²) in [5, 5.41) is 0. The standard InChI is InChI=1S/C21H22O/c1-4-12-22-18-10-11-19-17(14-18)15-21(2,3)20(19)13-16-8-6-5-7-9-16/h4-11,13-14H,1,12,15H2,2-3H3. The molecule has 1 aliphatic rings. The third kappa shape index (κ3) is 2.85. The normalized spacial score (nSPS) is 17.3. The second-order valence-corrected chi connectivity index (χ2v) is 6.45. The van der Waals surface area contributed by atoms with Crippen LogP contribution in [0.1, 0.15) is 30.5 Å². The van der Waals surface area contributed by atoms with Crippen LogP contribution in [0.25, 0.3) is 11.6 Å². The van der Waals surface area contributed by atoms with E-state index >= 15 is 0 Å². The predicted molar refractivity (Wildman–Crippen MR) is 93.9 cm³/mol. The summed E-state index contributed by atoms with van der Waals surface area (Å²) in [7, 11) is 0. The van der Waals surface area contributed by atoms with Gasteiger partial charge in [-0.1, -0.05) is 69.0 Å². The molecule has 0 saturated heterocycles. The first-order valence-corrected chi connectivity index (χ1v) is 7.74. The maximum absolute atomic E-state index is 5.66. The number of benzene rings is 2. The Kier molecular flexibility index (Phi) is 3.89. The first-order valence-electron chi connectivity index (χ1n) is 7.74. The van der Waals surface area contributed by atoms with Crippen molar-refractivity contribution in [3.05, 3.63) is 77.9 Å². The average molecular weight is 290 g/mol. The van der Waals surface area contributed by atoms with Gasteiger partial charge >= 0.3 is 0 Å². The highest BCUT2D eigenvalue weighted by molar-refractivity contribution is 5.88. The van der Waals surface area contributed by atoms with Crippen molar-refractivity contribution in [3.63, 3.8) is 0 Å². The van der Waals surface area contributed by atoms with Crippen LogP contribution in [-0.4, -0.2) is 6.61 Å². The zero-order valence-electron chi connectivity index (χ0n) is 13.3. The van der Waals surface area contributed by atoms with Crippen molar-refractivity contribution in [2.24, 2.45) is 5.41 Å². The molecular formula is C21H22O. The molecule has 0 fully saturated rings. The number of allylic oxidation sites excluding steroid dienone is 1. The molecule has 0 spiro atoms. The Morgan fingerprint density at radius 1 is 1.14 bits per heavy atom. The first-order chi connectivity index (χ1) is 10.6. The highest BCUT2D eigenvalue weighted by Crippen LogP contribution is 2.47. The fourth-order valence-corrected chi connectivity index (χ4v) is 3.15. The van der Waals surface area contributed by atoms with E-state index in [1.807, 2.05) is 0 Å². The Labute approximate surface area is 133 Å². The van der Waals surface area contributed by atoms with Gasteiger partial charge in [0, 0.05) is 0 Å². The maximum atomic E-state index is 5.66. The molecule has 0 radical (unpaired) electrons. The third-order valence-corrected chi connectivity index (χ3v) is 4.21. The van der Waals surface area contributed by atoms with Crippen molar-refractivity contribution >= 4 is 11.6 Å². The molecule has 22 heavy (non-hydrogen) atoms. The van der Waals surface area contributed by atoms with Crippen LogP contribution in [0.3, 0.4) is 0 Å². The Morgan fingerprint density at radius 3 is 2.64 bits per heavy atom. The Hall–Kier alpha value is -2.28. The smallest absolute Gasteiger partial charge is 0.120 e. The fraction of sp³-hybridized carbons (Fsp3) is 0.238. The summed E-state index contributed by atoms with van der Waals surface area (Å²) in [5.74, 6) is 0.926. The van der Waals surface area contributed by atoms with E-state index in [2.05, 4.69) is 75.0 Å². The first kappa shape index (κ1) is 14.6. The third-order valence-electron chi connectivity index (χ3n) is 4.21. The van der Waals surface area contributed by atoms with Crippen molar-refractivity contribution in [2.45, 2.75) is 20.3 Å². The summed E-state index contributed by atoms with van der Waals surface area (Å²) in [6.07, 6.45) is 5.14. The van der Waals surface area contributed by atoms with Crippen molar-refractivity contribution < 1.29 is 4.74 Å². The van der Waals surface area contributed by atoms with E-state index in [0.29, 0.717) is 6.61 Å². The van der Waals surface area contributed by atoms with E-state index in [-0.39, 0.29) is 5.41 Å². The molecule has 1 aliphatic carbocycles. The van der Waals surface area contributed by atoms with Crippen LogP contribution in [-0.2, 0) is 6.42 Å². The van der Waals surface area contributed by atoms with Crippen LogP contribution in [0.5, 0.6) is 5.75 Å². The number of hydrogen-bond donors (Lipinski definition) is 0. The van der Waals surface area contributed by atoms with Gasteiger partial charge < -0.3 is 4.74 Å². The van der Waals surface area contributed by atoms with Gasteiger partial charge in [-0.15, -0.1) is 0 Å². The number of hydrogen-bond acceptors (Lipinski definition) is 1. The summed E-state index contributed by atoms with van der Waals surface area (Å²) in [6, 6.07) is 17.0. The highest BCUT2D eigenvalue weighted by Gasteiger charge is 2.33. The minimum Gasteiger partial charge on any atom is -0.490 e. The summed E-state index contributed by atoms with van der Waals surface area (Å²) >= 11 is 0. The molecule has 3 rings (SSSR count). The van der Waals surface area contributed by atoms with Crippen molar-refractivity contribution in [1.29, 1.82) is 0 Å². The molecule has 0 aliphatic heterocycles. The zero-order chi connectivity index (χ0) is 15.6. The summed E-state index contributed by atoms with van der Waals surface area (Å²) < 4.78 is 5.66. The summed E-state index contributed by atoms with van der Waals surface area (Å²) in [4.78, 5) is 0. The lowest BCUT2D eigenvalue weighted by molar-refractivity contribution is 0.362. The molecule has 2 aromatic rings. The van der Waals surface area contributed by atoms with Crippen LogP contribution < -0.4 is 4.74 Å².